The van der Waals surface area contributed by atoms with Crippen LogP contribution >= 0.6 is 0 Å². The molecule has 0 spiro atoms. The average molecular weight is 163 g/mol. The normalized spacial score (nSPS) is 13.5. The summed E-state index contributed by atoms with van der Waals surface area (Å²) in [4.78, 5) is 3.98. The fourth-order valence-corrected chi connectivity index (χ4v) is 1.24. The Morgan fingerprint density at radius 1 is 1.50 bits per heavy atom. The van der Waals surface area contributed by atoms with Gasteiger partial charge in [-0.1, -0.05) is 12.1 Å². The first-order chi connectivity index (χ1) is 5.79. The standard InChI is InChI=1S/C9H9NO2/c1-6(11)7-3-2-4-8-9(7)12-5-10-8/h2-6,11H,1H3. The Morgan fingerprint density at radius 3 is 3.08 bits per heavy atom. The number of benzene rings is 1. The molecule has 0 amide bonds. The van der Waals surface area contributed by atoms with Gasteiger partial charge in [-0.2, -0.15) is 0 Å². The maximum Gasteiger partial charge on any atom is 0.181 e. The average Bonchev–Trinajstić information content (AvgIpc) is 2.49. The molecule has 0 aliphatic rings. The van der Waals surface area contributed by atoms with E-state index in [-0.39, 0.29) is 0 Å². The van der Waals surface area contributed by atoms with Crippen molar-refractivity contribution in [1.29, 1.82) is 0 Å². The van der Waals surface area contributed by atoms with Gasteiger partial charge in [-0.25, -0.2) is 4.98 Å². The van der Waals surface area contributed by atoms with Gasteiger partial charge in [0.05, 0.1) is 6.10 Å². The molecule has 62 valence electrons. The van der Waals surface area contributed by atoms with E-state index in [4.69, 9.17) is 4.42 Å². The molecular weight excluding hydrogens is 154 g/mol. The Hall–Kier alpha value is -1.35. The smallest absolute Gasteiger partial charge is 0.181 e. The zero-order chi connectivity index (χ0) is 8.55. The lowest BCUT2D eigenvalue weighted by Gasteiger charge is -2.02. The monoisotopic (exact) mass is 163 g/mol. The van der Waals surface area contributed by atoms with Crippen molar-refractivity contribution in [3.05, 3.63) is 30.2 Å². The zero-order valence-corrected chi connectivity index (χ0v) is 6.69. The first-order valence-corrected chi connectivity index (χ1v) is 3.79. The van der Waals surface area contributed by atoms with Gasteiger partial charge < -0.3 is 9.52 Å². The molecule has 1 atom stereocenters. The summed E-state index contributed by atoms with van der Waals surface area (Å²) in [5.41, 5.74) is 2.24. The third kappa shape index (κ3) is 0.987. The Labute approximate surface area is 69.7 Å². The maximum absolute atomic E-state index is 9.35. The molecule has 0 aliphatic heterocycles. The molecule has 0 bridgehead atoms. The van der Waals surface area contributed by atoms with Gasteiger partial charge in [0.15, 0.2) is 12.0 Å². The summed E-state index contributed by atoms with van der Waals surface area (Å²) in [6.07, 6.45) is 0.873. The van der Waals surface area contributed by atoms with Crippen molar-refractivity contribution in [1.82, 2.24) is 4.98 Å². The van der Waals surface area contributed by atoms with Gasteiger partial charge >= 0.3 is 0 Å². The number of aliphatic hydroxyl groups excluding tert-OH is 1. The minimum absolute atomic E-state index is 0.512. The van der Waals surface area contributed by atoms with E-state index < -0.39 is 6.10 Å². The van der Waals surface area contributed by atoms with E-state index in [2.05, 4.69) is 4.98 Å². The third-order valence-corrected chi connectivity index (χ3v) is 1.84. The minimum atomic E-state index is -0.512. The second kappa shape index (κ2) is 2.60. The summed E-state index contributed by atoms with van der Waals surface area (Å²) in [7, 11) is 0. The highest BCUT2D eigenvalue weighted by Crippen LogP contribution is 2.22. The van der Waals surface area contributed by atoms with Crippen LogP contribution in [0, 0.1) is 0 Å². The van der Waals surface area contributed by atoms with Crippen molar-refractivity contribution < 1.29 is 9.52 Å². The van der Waals surface area contributed by atoms with Crippen LogP contribution < -0.4 is 0 Å². The van der Waals surface area contributed by atoms with E-state index in [0.717, 1.165) is 11.1 Å². The largest absolute Gasteiger partial charge is 0.443 e. The van der Waals surface area contributed by atoms with E-state index in [0.29, 0.717) is 5.58 Å². The zero-order valence-electron chi connectivity index (χ0n) is 6.69. The molecule has 2 rings (SSSR count). The van der Waals surface area contributed by atoms with Gasteiger partial charge in [0.25, 0.3) is 0 Å². The lowest BCUT2D eigenvalue weighted by atomic mass is 10.1. The van der Waals surface area contributed by atoms with Crippen LogP contribution in [0.3, 0.4) is 0 Å². The molecule has 0 aliphatic carbocycles. The van der Waals surface area contributed by atoms with Gasteiger partial charge in [0.2, 0.25) is 0 Å². The summed E-state index contributed by atoms with van der Waals surface area (Å²) >= 11 is 0. The van der Waals surface area contributed by atoms with Crippen molar-refractivity contribution >= 4 is 11.1 Å². The Balaban J connectivity index is 2.73. The second-order valence-electron chi connectivity index (χ2n) is 2.72. The quantitative estimate of drug-likeness (QED) is 0.698. The number of rotatable bonds is 1. The molecule has 1 aromatic heterocycles. The van der Waals surface area contributed by atoms with E-state index in [9.17, 15) is 5.11 Å². The fraction of sp³-hybridized carbons (Fsp3) is 0.222. The number of para-hydroxylation sites is 1. The Kier molecular flexibility index (Phi) is 1.59. The number of nitrogens with zero attached hydrogens (tertiary/aromatic N) is 1. The van der Waals surface area contributed by atoms with Crippen LogP contribution in [0.4, 0.5) is 0 Å². The molecule has 1 unspecified atom stereocenters. The number of oxazole rings is 1. The summed E-state index contributed by atoms with van der Waals surface area (Å²) < 4.78 is 5.14. The number of aromatic nitrogens is 1. The molecule has 0 radical (unpaired) electrons. The van der Waals surface area contributed by atoms with Crippen molar-refractivity contribution in [3.63, 3.8) is 0 Å². The van der Waals surface area contributed by atoms with Crippen LogP contribution in [0.15, 0.2) is 29.0 Å². The number of hydrogen-bond acceptors (Lipinski definition) is 3. The molecule has 3 heteroatoms. The van der Waals surface area contributed by atoms with Gasteiger partial charge in [0.1, 0.15) is 5.52 Å². The van der Waals surface area contributed by atoms with Crippen LogP contribution in [0.25, 0.3) is 11.1 Å². The highest BCUT2D eigenvalue weighted by Gasteiger charge is 2.08. The predicted molar refractivity (Wildman–Crippen MR) is 44.6 cm³/mol. The lowest BCUT2D eigenvalue weighted by Crippen LogP contribution is -1.90. The van der Waals surface area contributed by atoms with E-state index in [1.165, 1.54) is 6.39 Å². The molecular formula is C9H9NO2. The van der Waals surface area contributed by atoms with E-state index >= 15 is 0 Å². The topological polar surface area (TPSA) is 46.3 Å². The molecule has 0 fully saturated rings. The van der Waals surface area contributed by atoms with Crippen molar-refractivity contribution in [2.24, 2.45) is 0 Å². The molecule has 0 saturated heterocycles. The summed E-state index contributed by atoms with van der Waals surface area (Å²) in [6, 6.07) is 5.54. The third-order valence-electron chi connectivity index (χ3n) is 1.84. The highest BCUT2D eigenvalue weighted by molar-refractivity contribution is 5.76. The first kappa shape index (κ1) is 7.31. The first-order valence-electron chi connectivity index (χ1n) is 3.79. The number of hydrogen-bond donors (Lipinski definition) is 1. The van der Waals surface area contributed by atoms with Crippen molar-refractivity contribution in [2.45, 2.75) is 13.0 Å². The summed E-state index contributed by atoms with van der Waals surface area (Å²) in [6.45, 7) is 1.71. The fourth-order valence-electron chi connectivity index (χ4n) is 1.24. The van der Waals surface area contributed by atoms with Gasteiger partial charge in [-0.05, 0) is 13.0 Å². The number of fused-ring (bicyclic) bond motifs is 1. The summed E-state index contributed by atoms with van der Waals surface area (Å²) in [5.74, 6) is 0. The van der Waals surface area contributed by atoms with Crippen LogP contribution in [0.5, 0.6) is 0 Å². The lowest BCUT2D eigenvalue weighted by molar-refractivity contribution is 0.199. The minimum Gasteiger partial charge on any atom is -0.443 e. The van der Waals surface area contributed by atoms with E-state index in [1.807, 2.05) is 18.2 Å². The second-order valence-corrected chi connectivity index (χ2v) is 2.72. The Bertz CT molecular complexity index is 392. The van der Waals surface area contributed by atoms with Gasteiger partial charge in [0, 0.05) is 5.56 Å². The van der Waals surface area contributed by atoms with Crippen molar-refractivity contribution in [2.75, 3.05) is 0 Å². The van der Waals surface area contributed by atoms with Crippen LogP contribution in [0.2, 0.25) is 0 Å². The number of aliphatic hydroxyl groups is 1. The molecule has 2 aromatic rings. The van der Waals surface area contributed by atoms with Crippen molar-refractivity contribution in [3.8, 4) is 0 Å². The van der Waals surface area contributed by atoms with Crippen LogP contribution in [0.1, 0.15) is 18.6 Å². The maximum atomic E-state index is 9.35. The van der Waals surface area contributed by atoms with E-state index in [1.54, 1.807) is 6.92 Å². The Morgan fingerprint density at radius 2 is 2.33 bits per heavy atom. The molecule has 1 N–H and O–H groups in total. The highest BCUT2D eigenvalue weighted by atomic mass is 16.3. The predicted octanol–water partition coefficient (Wildman–Crippen LogP) is 1.88. The molecule has 1 heterocycles. The van der Waals surface area contributed by atoms with Gasteiger partial charge in [-0.15, -0.1) is 0 Å². The molecule has 12 heavy (non-hydrogen) atoms. The van der Waals surface area contributed by atoms with Crippen LogP contribution in [-0.2, 0) is 0 Å². The van der Waals surface area contributed by atoms with Gasteiger partial charge in [-0.3, -0.25) is 0 Å². The molecule has 1 aromatic carbocycles. The summed E-state index contributed by atoms with van der Waals surface area (Å²) in [5, 5.41) is 9.35. The molecule has 3 nitrogen and oxygen atoms in total. The SMILES string of the molecule is CC(O)c1cccc2ncoc12. The molecule has 0 saturated carbocycles. The van der Waals surface area contributed by atoms with Crippen LogP contribution in [-0.4, -0.2) is 10.1 Å².